The first kappa shape index (κ1) is 20.3. The number of phenols is 2. The summed E-state index contributed by atoms with van der Waals surface area (Å²) < 4.78 is 0. The zero-order valence-corrected chi connectivity index (χ0v) is 18.1. The van der Waals surface area contributed by atoms with Crippen molar-refractivity contribution in [1.82, 2.24) is 0 Å². The molecule has 29 heavy (non-hydrogen) atoms. The second-order valence-corrected chi connectivity index (χ2v) is 9.56. The van der Waals surface area contributed by atoms with Gasteiger partial charge in [-0.25, -0.2) is 0 Å². The van der Waals surface area contributed by atoms with Crippen molar-refractivity contribution in [2.45, 2.75) is 96.3 Å². The van der Waals surface area contributed by atoms with Gasteiger partial charge in [-0.2, -0.15) is 0 Å². The van der Waals surface area contributed by atoms with Crippen LogP contribution < -0.4 is 0 Å². The predicted octanol–water partition coefficient (Wildman–Crippen LogP) is 7.40. The lowest BCUT2D eigenvalue weighted by atomic mass is 9.77. The molecule has 0 radical (unpaired) electrons. The number of benzene rings is 2. The van der Waals surface area contributed by atoms with E-state index < -0.39 is 0 Å². The highest BCUT2D eigenvalue weighted by Gasteiger charge is 2.25. The Hall–Kier alpha value is -1.96. The first-order chi connectivity index (χ1) is 14.0. The minimum absolute atomic E-state index is 0.468. The summed E-state index contributed by atoms with van der Waals surface area (Å²) in [5.74, 6) is 1.89. The van der Waals surface area contributed by atoms with Crippen LogP contribution in [0.3, 0.4) is 0 Å². The largest absolute Gasteiger partial charge is 0.508 e. The standard InChI is InChI=1S/C27H36O2/c1-18-13-22(26(24(28)15-18)20-9-5-3-6-10-20)17-23-14-19(2)16-25(29)27(23)21-11-7-4-8-12-21/h13-16,20-21,28-29H,3-12,17H2,1-2H3. The van der Waals surface area contributed by atoms with E-state index in [2.05, 4.69) is 26.0 Å². The van der Waals surface area contributed by atoms with Crippen LogP contribution in [-0.2, 0) is 6.42 Å². The first-order valence-electron chi connectivity index (χ1n) is 11.7. The van der Waals surface area contributed by atoms with Gasteiger partial charge in [0.1, 0.15) is 11.5 Å². The van der Waals surface area contributed by atoms with Crippen LogP contribution >= 0.6 is 0 Å². The summed E-state index contributed by atoms with van der Waals surface area (Å²) in [7, 11) is 0. The summed E-state index contributed by atoms with van der Waals surface area (Å²) in [6.45, 7) is 4.15. The molecule has 0 spiro atoms. The smallest absolute Gasteiger partial charge is 0.119 e. The average Bonchev–Trinajstić information content (AvgIpc) is 2.68. The van der Waals surface area contributed by atoms with E-state index in [1.807, 2.05) is 12.1 Å². The Morgan fingerprint density at radius 3 is 1.38 bits per heavy atom. The monoisotopic (exact) mass is 392 g/mol. The molecule has 0 atom stereocenters. The summed E-state index contributed by atoms with van der Waals surface area (Å²) in [5, 5.41) is 21.8. The van der Waals surface area contributed by atoms with Gasteiger partial charge >= 0.3 is 0 Å². The molecule has 0 bridgehead atoms. The van der Waals surface area contributed by atoms with Gasteiger partial charge in [0.2, 0.25) is 0 Å². The van der Waals surface area contributed by atoms with Gasteiger partial charge in [-0.15, -0.1) is 0 Å². The average molecular weight is 393 g/mol. The lowest BCUT2D eigenvalue weighted by molar-refractivity contribution is 0.409. The van der Waals surface area contributed by atoms with E-state index in [-0.39, 0.29) is 0 Å². The molecule has 2 aromatic carbocycles. The van der Waals surface area contributed by atoms with Crippen LogP contribution in [0.2, 0.25) is 0 Å². The predicted molar refractivity (Wildman–Crippen MR) is 120 cm³/mol. The van der Waals surface area contributed by atoms with E-state index >= 15 is 0 Å². The summed E-state index contributed by atoms with van der Waals surface area (Å²) in [4.78, 5) is 0. The Morgan fingerprint density at radius 1 is 0.621 bits per heavy atom. The lowest BCUT2D eigenvalue weighted by Crippen LogP contribution is -2.11. The van der Waals surface area contributed by atoms with Gasteiger partial charge in [0.25, 0.3) is 0 Å². The highest BCUT2D eigenvalue weighted by atomic mass is 16.3. The van der Waals surface area contributed by atoms with Crippen LogP contribution in [0.5, 0.6) is 11.5 Å². The highest BCUT2D eigenvalue weighted by molar-refractivity contribution is 5.51. The normalized spacial score (nSPS) is 18.8. The second-order valence-electron chi connectivity index (χ2n) is 9.56. The van der Waals surface area contributed by atoms with Crippen molar-refractivity contribution in [3.8, 4) is 11.5 Å². The van der Waals surface area contributed by atoms with E-state index in [1.54, 1.807) is 0 Å². The van der Waals surface area contributed by atoms with Crippen LogP contribution in [0.1, 0.15) is 109 Å². The maximum atomic E-state index is 10.9. The maximum Gasteiger partial charge on any atom is 0.119 e. The van der Waals surface area contributed by atoms with Crippen LogP contribution in [0, 0.1) is 13.8 Å². The summed E-state index contributed by atoms with van der Waals surface area (Å²) in [6, 6.07) is 8.41. The van der Waals surface area contributed by atoms with Crippen molar-refractivity contribution < 1.29 is 10.2 Å². The zero-order chi connectivity index (χ0) is 20.4. The number of hydrogen-bond donors (Lipinski definition) is 2. The van der Waals surface area contributed by atoms with E-state index in [4.69, 9.17) is 0 Å². The fourth-order valence-corrected chi connectivity index (χ4v) is 5.93. The Morgan fingerprint density at radius 2 is 1.00 bits per heavy atom. The van der Waals surface area contributed by atoms with Crippen molar-refractivity contribution in [3.05, 3.63) is 57.6 Å². The summed E-state index contributed by atoms with van der Waals surface area (Å²) >= 11 is 0. The number of phenolic OH excluding ortho intramolecular Hbond substituents is 2. The van der Waals surface area contributed by atoms with Gasteiger partial charge in [-0.1, -0.05) is 50.7 Å². The second kappa shape index (κ2) is 8.81. The zero-order valence-electron chi connectivity index (χ0n) is 18.1. The number of aryl methyl sites for hydroxylation is 2. The molecule has 0 saturated heterocycles. The molecule has 2 saturated carbocycles. The first-order valence-corrected chi connectivity index (χ1v) is 11.7. The minimum Gasteiger partial charge on any atom is -0.508 e. The molecule has 2 aromatic rings. The Balaban J connectivity index is 1.76. The molecule has 2 heteroatoms. The third-order valence-electron chi connectivity index (χ3n) is 7.18. The Bertz CT molecular complexity index is 784. The Labute approximate surface area is 176 Å². The quantitative estimate of drug-likeness (QED) is 0.569. The highest BCUT2D eigenvalue weighted by Crippen LogP contribution is 2.43. The Kier molecular flexibility index (Phi) is 6.18. The van der Waals surface area contributed by atoms with Crippen molar-refractivity contribution in [1.29, 1.82) is 0 Å². The summed E-state index contributed by atoms with van der Waals surface area (Å²) in [5.41, 5.74) is 7.10. The molecule has 156 valence electrons. The van der Waals surface area contributed by atoms with Crippen LogP contribution in [0.15, 0.2) is 24.3 Å². The molecule has 0 unspecified atom stereocenters. The van der Waals surface area contributed by atoms with Crippen LogP contribution in [0.25, 0.3) is 0 Å². The number of aromatic hydroxyl groups is 2. The molecule has 2 fully saturated rings. The topological polar surface area (TPSA) is 40.5 Å². The van der Waals surface area contributed by atoms with E-state index in [9.17, 15) is 10.2 Å². The van der Waals surface area contributed by atoms with Gasteiger partial charge < -0.3 is 10.2 Å². The molecule has 2 aliphatic rings. The molecule has 2 nitrogen and oxygen atoms in total. The third-order valence-corrected chi connectivity index (χ3v) is 7.18. The van der Waals surface area contributed by atoms with Crippen LogP contribution in [0.4, 0.5) is 0 Å². The molecule has 0 amide bonds. The van der Waals surface area contributed by atoms with Gasteiger partial charge in [0.05, 0.1) is 0 Å². The van der Waals surface area contributed by atoms with Gasteiger partial charge in [0, 0.05) is 11.1 Å². The molecule has 0 aliphatic heterocycles. The van der Waals surface area contributed by atoms with Crippen LogP contribution in [-0.4, -0.2) is 10.2 Å². The summed E-state index contributed by atoms with van der Waals surface area (Å²) in [6.07, 6.45) is 13.2. The van der Waals surface area contributed by atoms with E-state index in [0.29, 0.717) is 23.3 Å². The lowest BCUT2D eigenvalue weighted by Gasteiger charge is -2.28. The molecule has 0 heterocycles. The fraction of sp³-hybridized carbons (Fsp3) is 0.556. The van der Waals surface area contributed by atoms with Crippen molar-refractivity contribution in [3.63, 3.8) is 0 Å². The van der Waals surface area contributed by atoms with Gasteiger partial charge in [-0.3, -0.25) is 0 Å². The number of rotatable bonds is 4. The third kappa shape index (κ3) is 4.47. The maximum absolute atomic E-state index is 10.9. The fourth-order valence-electron chi connectivity index (χ4n) is 5.93. The van der Waals surface area contributed by atoms with Crippen molar-refractivity contribution in [2.75, 3.05) is 0 Å². The van der Waals surface area contributed by atoms with Gasteiger partial charge in [0.15, 0.2) is 0 Å². The SMILES string of the molecule is Cc1cc(O)c(C2CCCCC2)c(Cc2cc(C)cc(O)c2C2CCCCC2)c1. The molecular weight excluding hydrogens is 356 g/mol. The molecule has 4 rings (SSSR count). The van der Waals surface area contributed by atoms with Gasteiger partial charge in [-0.05, 0) is 92.2 Å². The minimum atomic E-state index is 0.468. The van der Waals surface area contributed by atoms with E-state index in [0.717, 1.165) is 17.5 Å². The molecule has 2 N–H and O–H groups in total. The molecule has 0 aromatic heterocycles. The number of hydrogen-bond acceptors (Lipinski definition) is 2. The molecule has 2 aliphatic carbocycles. The molecular formula is C27H36O2. The van der Waals surface area contributed by atoms with E-state index in [1.165, 1.54) is 86.5 Å². The van der Waals surface area contributed by atoms with Crippen molar-refractivity contribution >= 4 is 0 Å². The van der Waals surface area contributed by atoms with Crippen molar-refractivity contribution in [2.24, 2.45) is 0 Å².